The monoisotopic (exact) mass is 306 g/mol. The van der Waals surface area contributed by atoms with Crippen molar-refractivity contribution in [3.8, 4) is 5.75 Å². The van der Waals surface area contributed by atoms with E-state index in [2.05, 4.69) is 10.6 Å². The molecule has 120 valence electrons. The van der Waals surface area contributed by atoms with E-state index < -0.39 is 0 Å². The number of carbonyl (C=O) groups is 1. The maximum Gasteiger partial charge on any atom is 0.319 e. The second-order valence-corrected chi connectivity index (χ2v) is 5.63. The third kappa shape index (κ3) is 3.51. The Hall–Kier alpha value is -1.79. The lowest BCUT2D eigenvalue weighted by Gasteiger charge is -2.39. The number of methoxy groups -OCH3 is 1. The summed E-state index contributed by atoms with van der Waals surface area (Å²) in [5.74, 6) is 0.644. The number of anilines is 1. The van der Waals surface area contributed by atoms with E-state index in [0.717, 1.165) is 19.3 Å². The summed E-state index contributed by atoms with van der Waals surface area (Å²) in [6, 6.07) is 7.24. The van der Waals surface area contributed by atoms with Crippen molar-refractivity contribution in [3.05, 3.63) is 24.3 Å². The summed E-state index contributed by atoms with van der Waals surface area (Å²) in [5, 5.41) is 5.84. The van der Waals surface area contributed by atoms with Crippen LogP contribution < -0.4 is 15.4 Å². The van der Waals surface area contributed by atoms with Crippen LogP contribution in [0.1, 0.15) is 19.3 Å². The fourth-order valence-corrected chi connectivity index (χ4v) is 3.09. The summed E-state index contributed by atoms with van der Waals surface area (Å²) in [6.45, 7) is 1.31. The topological polar surface area (TPSA) is 68.8 Å². The normalized spacial score (nSPS) is 27.6. The Morgan fingerprint density at radius 3 is 2.77 bits per heavy atom. The number of carbonyl (C=O) groups excluding carboxylic acids is 1. The molecule has 2 N–H and O–H groups in total. The number of rotatable bonds is 3. The van der Waals surface area contributed by atoms with E-state index in [4.69, 9.17) is 14.2 Å². The Morgan fingerprint density at radius 1 is 1.18 bits per heavy atom. The van der Waals surface area contributed by atoms with Gasteiger partial charge in [0.25, 0.3) is 0 Å². The number of hydrogen-bond acceptors (Lipinski definition) is 4. The minimum Gasteiger partial charge on any atom is -0.495 e. The van der Waals surface area contributed by atoms with Crippen LogP contribution in [0.5, 0.6) is 5.75 Å². The van der Waals surface area contributed by atoms with Gasteiger partial charge in [0.2, 0.25) is 0 Å². The molecule has 2 aliphatic rings. The first-order chi connectivity index (χ1) is 10.8. The van der Waals surface area contributed by atoms with Gasteiger partial charge in [0.15, 0.2) is 0 Å². The molecule has 1 saturated heterocycles. The predicted molar refractivity (Wildman–Crippen MR) is 82.3 cm³/mol. The van der Waals surface area contributed by atoms with E-state index >= 15 is 0 Å². The van der Waals surface area contributed by atoms with E-state index in [-0.39, 0.29) is 24.3 Å². The van der Waals surface area contributed by atoms with E-state index in [1.807, 2.05) is 24.3 Å². The summed E-state index contributed by atoms with van der Waals surface area (Å²) in [7, 11) is 1.58. The Morgan fingerprint density at radius 2 is 1.95 bits per heavy atom. The van der Waals surface area contributed by atoms with Gasteiger partial charge in [-0.1, -0.05) is 12.1 Å². The minimum atomic E-state index is -0.218. The van der Waals surface area contributed by atoms with Crippen molar-refractivity contribution in [2.75, 3.05) is 25.6 Å². The van der Waals surface area contributed by atoms with Gasteiger partial charge in [0.05, 0.1) is 38.2 Å². The lowest BCUT2D eigenvalue weighted by atomic mass is 9.90. The second kappa shape index (κ2) is 6.98. The molecule has 0 spiro atoms. The zero-order valence-corrected chi connectivity index (χ0v) is 12.7. The molecule has 3 rings (SSSR count). The Kier molecular flexibility index (Phi) is 4.80. The number of urea groups is 1. The van der Waals surface area contributed by atoms with Gasteiger partial charge in [-0.15, -0.1) is 0 Å². The second-order valence-electron chi connectivity index (χ2n) is 5.63. The molecule has 3 unspecified atom stereocenters. The Labute approximate surface area is 130 Å². The first-order valence-corrected chi connectivity index (χ1v) is 7.70. The zero-order valence-electron chi connectivity index (χ0n) is 12.7. The first-order valence-electron chi connectivity index (χ1n) is 7.70. The highest BCUT2D eigenvalue weighted by atomic mass is 16.6. The van der Waals surface area contributed by atoms with E-state index in [0.29, 0.717) is 24.7 Å². The third-order valence-electron chi connectivity index (χ3n) is 4.17. The van der Waals surface area contributed by atoms with Crippen molar-refractivity contribution in [3.63, 3.8) is 0 Å². The number of ether oxygens (including phenoxy) is 3. The molecule has 0 aromatic heterocycles. The van der Waals surface area contributed by atoms with Crippen molar-refractivity contribution in [2.24, 2.45) is 0 Å². The molecule has 1 aromatic rings. The zero-order chi connectivity index (χ0) is 15.4. The minimum absolute atomic E-state index is 0.0964. The van der Waals surface area contributed by atoms with E-state index in [1.165, 1.54) is 0 Å². The molecule has 6 heteroatoms. The van der Waals surface area contributed by atoms with Crippen LogP contribution in [-0.4, -0.2) is 44.6 Å². The molecule has 1 aliphatic heterocycles. The SMILES string of the molecule is COc1ccccc1NC(=O)NC1CCC2OCCOC2C1. The fourth-order valence-electron chi connectivity index (χ4n) is 3.09. The maximum atomic E-state index is 12.2. The Bertz CT molecular complexity index is 523. The summed E-state index contributed by atoms with van der Waals surface area (Å²) >= 11 is 0. The number of nitrogens with one attached hydrogen (secondary N) is 2. The van der Waals surface area contributed by atoms with Gasteiger partial charge in [-0.3, -0.25) is 0 Å². The molecule has 2 amide bonds. The molecule has 0 bridgehead atoms. The summed E-state index contributed by atoms with van der Waals surface area (Å²) in [6.07, 6.45) is 2.90. The maximum absolute atomic E-state index is 12.2. The van der Waals surface area contributed by atoms with Gasteiger partial charge < -0.3 is 24.8 Å². The highest BCUT2D eigenvalue weighted by Crippen LogP contribution is 2.27. The van der Waals surface area contributed by atoms with Crippen LogP contribution in [0.2, 0.25) is 0 Å². The quantitative estimate of drug-likeness (QED) is 0.898. The van der Waals surface area contributed by atoms with Crippen molar-refractivity contribution >= 4 is 11.7 Å². The number of hydrogen-bond donors (Lipinski definition) is 2. The lowest BCUT2D eigenvalue weighted by molar-refractivity contribution is -0.157. The van der Waals surface area contributed by atoms with E-state index in [9.17, 15) is 4.79 Å². The molecule has 1 saturated carbocycles. The Balaban J connectivity index is 1.53. The van der Waals surface area contributed by atoms with Gasteiger partial charge >= 0.3 is 6.03 Å². The molecule has 2 fully saturated rings. The smallest absolute Gasteiger partial charge is 0.319 e. The molecule has 1 aliphatic carbocycles. The van der Waals surface area contributed by atoms with Crippen LogP contribution in [0.15, 0.2) is 24.3 Å². The van der Waals surface area contributed by atoms with Crippen molar-refractivity contribution < 1.29 is 19.0 Å². The summed E-state index contributed by atoms with van der Waals surface area (Å²) in [5.41, 5.74) is 0.661. The van der Waals surface area contributed by atoms with Crippen LogP contribution in [0, 0.1) is 0 Å². The van der Waals surface area contributed by atoms with Gasteiger partial charge in [-0.25, -0.2) is 4.79 Å². The molecular weight excluding hydrogens is 284 g/mol. The first kappa shape index (κ1) is 15.1. The molecule has 1 aromatic carbocycles. The molecule has 0 radical (unpaired) electrons. The number of para-hydroxylation sites is 2. The molecular formula is C16H22N2O4. The largest absolute Gasteiger partial charge is 0.495 e. The third-order valence-corrected chi connectivity index (χ3v) is 4.17. The van der Waals surface area contributed by atoms with Crippen molar-refractivity contribution in [2.45, 2.75) is 37.5 Å². The fraction of sp³-hybridized carbons (Fsp3) is 0.562. The predicted octanol–water partition coefficient (Wildman–Crippen LogP) is 2.15. The lowest BCUT2D eigenvalue weighted by Crippen LogP contribution is -2.50. The number of fused-ring (bicyclic) bond motifs is 1. The average molecular weight is 306 g/mol. The van der Waals surface area contributed by atoms with Gasteiger partial charge in [0, 0.05) is 6.04 Å². The van der Waals surface area contributed by atoms with Gasteiger partial charge in [-0.05, 0) is 31.4 Å². The van der Waals surface area contributed by atoms with Crippen LogP contribution >= 0.6 is 0 Å². The molecule has 1 heterocycles. The number of benzene rings is 1. The van der Waals surface area contributed by atoms with Gasteiger partial charge in [-0.2, -0.15) is 0 Å². The van der Waals surface area contributed by atoms with Crippen molar-refractivity contribution in [1.82, 2.24) is 5.32 Å². The molecule has 3 atom stereocenters. The summed E-state index contributed by atoms with van der Waals surface area (Å²) < 4.78 is 16.7. The highest BCUT2D eigenvalue weighted by molar-refractivity contribution is 5.91. The molecule has 22 heavy (non-hydrogen) atoms. The van der Waals surface area contributed by atoms with Crippen LogP contribution in [0.3, 0.4) is 0 Å². The highest BCUT2D eigenvalue weighted by Gasteiger charge is 2.34. The average Bonchev–Trinajstić information content (AvgIpc) is 2.55. The standard InChI is InChI=1S/C16H22N2O4/c1-20-13-5-3-2-4-12(13)18-16(19)17-11-6-7-14-15(10-11)22-9-8-21-14/h2-5,11,14-15H,6-10H2,1H3,(H2,17,18,19). The number of amides is 2. The van der Waals surface area contributed by atoms with Crippen molar-refractivity contribution in [1.29, 1.82) is 0 Å². The van der Waals surface area contributed by atoms with Gasteiger partial charge in [0.1, 0.15) is 5.75 Å². The van der Waals surface area contributed by atoms with Crippen LogP contribution in [-0.2, 0) is 9.47 Å². The van der Waals surface area contributed by atoms with Crippen LogP contribution in [0.4, 0.5) is 10.5 Å². The summed E-state index contributed by atoms with van der Waals surface area (Å²) in [4.78, 5) is 12.2. The molecule has 6 nitrogen and oxygen atoms in total. The van der Waals surface area contributed by atoms with Crippen LogP contribution in [0.25, 0.3) is 0 Å². The van der Waals surface area contributed by atoms with E-state index in [1.54, 1.807) is 7.11 Å².